The number of nitrogens with zero attached hydrogens (tertiary/aromatic N) is 2. The van der Waals surface area contributed by atoms with E-state index < -0.39 is 26.7 Å². The summed E-state index contributed by atoms with van der Waals surface area (Å²) in [7, 11) is -3.61. The number of benzene rings is 1. The molecule has 31 heavy (non-hydrogen) atoms. The van der Waals surface area contributed by atoms with Crippen molar-refractivity contribution in [3.63, 3.8) is 0 Å². The highest BCUT2D eigenvalue weighted by Crippen LogP contribution is 2.24. The predicted octanol–water partition coefficient (Wildman–Crippen LogP) is 2.30. The highest BCUT2D eigenvalue weighted by molar-refractivity contribution is 7.90. The zero-order valence-corrected chi connectivity index (χ0v) is 17.8. The van der Waals surface area contributed by atoms with Crippen LogP contribution in [0, 0.1) is 0 Å². The van der Waals surface area contributed by atoms with Crippen molar-refractivity contribution in [3.8, 4) is 16.9 Å². The van der Waals surface area contributed by atoms with Crippen molar-refractivity contribution >= 4 is 15.7 Å². The number of pyridine rings is 2. The molecule has 1 aromatic carbocycles. The molecule has 0 bridgehead atoms. The van der Waals surface area contributed by atoms with Gasteiger partial charge in [0.05, 0.1) is 0 Å². The molecule has 1 amide bonds. The molecular formula is C22H23N3O5S. The molecule has 8 nitrogen and oxygen atoms in total. The van der Waals surface area contributed by atoms with Crippen LogP contribution >= 0.6 is 0 Å². The van der Waals surface area contributed by atoms with E-state index in [-0.39, 0.29) is 12.8 Å². The van der Waals surface area contributed by atoms with E-state index in [1.165, 1.54) is 12.3 Å². The van der Waals surface area contributed by atoms with Crippen LogP contribution in [0.25, 0.3) is 11.1 Å². The molecule has 162 valence electrons. The first kappa shape index (κ1) is 22.2. The van der Waals surface area contributed by atoms with Gasteiger partial charge in [0.15, 0.2) is 9.84 Å². The third-order valence-electron chi connectivity index (χ3n) is 4.73. The Balaban J connectivity index is 1.77. The largest absolute Gasteiger partial charge is 0.489 e. The third-order valence-corrected chi connectivity index (χ3v) is 6.18. The molecule has 0 aliphatic rings. The van der Waals surface area contributed by atoms with Crippen LogP contribution in [-0.2, 0) is 21.2 Å². The van der Waals surface area contributed by atoms with Gasteiger partial charge in [-0.1, -0.05) is 12.1 Å². The van der Waals surface area contributed by atoms with Crippen LogP contribution in [0.15, 0.2) is 71.9 Å². The van der Waals surface area contributed by atoms with Gasteiger partial charge in [-0.3, -0.25) is 19.1 Å². The van der Waals surface area contributed by atoms with E-state index in [9.17, 15) is 18.0 Å². The maximum absolute atomic E-state index is 12.6. The molecule has 0 fully saturated rings. The number of primary amides is 1. The van der Waals surface area contributed by atoms with Gasteiger partial charge in [-0.15, -0.1) is 0 Å². The van der Waals surface area contributed by atoms with Crippen LogP contribution in [0.2, 0.25) is 0 Å². The minimum atomic E-state index is -3.61. The van der Waals surface area contributed by atoms with Gasteiger partial charge in [0.2, 0.25) is 5.91 Å². The average Bonchev–Trinajstić information content (AvgIpc) is 2.73. The summed E-state index contributed by atoms with van der Waals surface area (Å²) in [6.07, 6.45) is 5.67. The van der Waals surface area contributed by atoms with E-state index in [2.05, 4.69) is 4.98 Å². The van der Waals surface area contributed by atoms with Crippen molar-refractivity contribution in [1.82, 2.24) is 9.55 Å². The highest BCUT2D eigenvalue weighted by Gasteiger charge is 2.24. The van der Waals surface area contributed by atoms with E-state index in [0.29, 0.717) is 17.9 Å². The molecule has 2 aromatic heterocycles. The molecule has 0 radical (unpaired) electrons. The summed E-state index contributed by atoms with van der Waals surface area (Å²) in [6.45, 7) is 0.413. The summed E-state index contributed by atoms with van der Waals surface area (Å²) in [5, 5.41) is -1.15. The van der Waals surface area contributed by atoms with Crippen LogP contribution in [-0.4, -0.2) is 30.1 Å². The highest BCUT2D eigenvalue weighted by atomic mass is 32.2. The average molecular weight is 442 g/mol. The molecule has 0 aliphatic heterocycles. The lowest BCUT2D eigenvalue weighted by Gasteiger charge is -2.18. The number of rotatable bonds is 9. The van der Waals surface area contributed by atoms with Crippen molar-refractivity contribution in [1.29, 1.82) is 0 Å². The fourth-order valence-corrected chi connectivity index (χ4v) is 4.25. The number of nitrogens with two attached hydrogens (primary N) is 1. The van der Waals surface area contributed by atoms with Crippen molar-refractivity contribution in [2.45, 2.75) is 24.8 Å². The lowest BCUT2D eigenvalue weighted by Crippen LogP contribution is -2.29. The van der Waals surface area contributed by atoms with Crippen LogP contribution < -0.4 is 16.0 Å². The van der Waals surface area contributed by atoms with Gasteiger partial charge < -0.3 is 10.5 Å². The molecule has 1 unspecified atom stereocenters. The van der Waals surface area contributed by atoms with Gasteiger partial charge in [0.25, 0.3) is 5.56 Å². The van der Waals surface area contributed by atoms with Crippen LogP contribution in [0.1, 0.15) is 23.8 Å². The quantitative estimate of drug-likeness (QED) is 0.544. The van der Waals surface area contributed by atoms with Crippen molar-refractivity contribution in [3.05, 3.63) is 83.0 Å². The summed E-state index contributed by atoms with van der Waals surface area (Å²) in [5.74, 6) is 0.0575. The van der Waals surface area contributed by atoms with E-state index in [0.717, 1.165) is 21.9 Å². The Morgan fingerprint density at radius 2 is 1.77 bits per heavy atom. The molecule has 0 aliphatic carbocycles. The standard InChI is InChI=1S/C22H23N3O5S/c1-31(28,29)22(7-6-20(23)26)25-13-10-18(14-21(25)27)17-2-4-19(5-3-17)30-15-16-8-11-24-12-9-16/h2-5,8-14,22H,6-7,15H2,1H3,(H2,23,26). The summed E-state index contributed by atoms with van der Waals surface area (Å²) < 4.78 is 31.1. The Labute approximate surface area is 180 Å². The second-order valence-corrected chi connectivity index (χ2v) is 9.32. The van der Waals surface area contributed by atoms with Crippen molar-refractivity contribution in [2.75, 3.05) is 6.26 Å². The number of carbonyl (C=O) groups excluding carboxylic acids is 1. The first-order valence-electron chi connectivity index (χ1n) is 9.55. The van der Waals surface area contributed by atoms with Crippen LogP contribution in [0.4, 0.5) is 0 Å². The minimum absolute atomic E-state index is 0.0586. The molecular weight excluding hydrogens is 418 g/mol. The number of carbonyl (C=O) groups is 1. The Morgan fingerprint density at radius 3 is 2.35 bits per heavy atom. The SMILES string of the molecule is CS(=O)(=O)C(CCC(N)=O)n1ccc(-c2ccc(OCc3ccncc3)cc2)cc1=O. The topological polar surface area (TPSA) is 121 Å². The zero-order valence-electron chi connectivity index (χ0n) is 17.0. The van der Waals surface area contributed by atoms with Crippen molar-refractivity contribution in [2.24, 2.45) is 5.73 Å². The Hall–Kier alpha value is -3.46. The van der Waals surface area contributed by atoms with E-state index in [4.69, 9.17) is 10.5 Å². The van der Waals surface area contributed by atoms with Gasteiger partial charge >= 0.3 is 0 Å². The first-order chi connectivity index (χ1) is 14.7. The molecule has 1 atom stereocenters. The van der Waals surface area contributed by atoms with Gasteiger partial charge in [-0.2, -0.15) is 0 Å². The number of amides is 1. The van der Waals surface area contributed by atoms with Gasteiger partial charge in [-0.05, 0) is 53.4 Å². The smallest absolute Gasteiger partial charge is 0.252 e. The number of hydrogen-bond donors (Lipinski definition) is 1. The van der Waals surface area contributed by atoms with E-state index in [1.807, 2.05) is 24.3 Å². The molecule has 3 aromatic rings. The monoisotopic (exact) mass is 441 g/mol. The third kappa shape index (κ3) is 6.02. The molecule has 9 heteroatoms. The number of hydrogen-bond acceptors (Lipinski definition) is 6. The normalized spacial score (nSPS) is 12.3. The second kappa shape index (κ2) is 9.57. The fraction of sp³-hybridized carbons (Fsp3) is 0.227. The minimum Gasteiger partial charge on any atom is -0.489 e. The zero-order chi connectivity index (χ0) is 22.4. The summed E-state index contributed by atoms with van der Waals surface area (Å²) >= 11 is 0. The van der Waals surface area contributed by atoms with Gasteiger partial charge in [0, 0.05) is 37.3 Å². The molecule has 3 rings (SSSR count). The Morgan fingerprint density at radius 1 is 1.10 bits per heavy atom. The summed E-state index contributed by atoms with van der Waals surface area (Å²) in [6, 6.07) is 14.0. The maximum Gasteiger partial charge on any atom is 0.252 e. The predicted molar refractivity (Wildman–Crippen MR) is 117 cm³/mol. The number of sulfone groups is 1. The summed E-state index contributed by atoms with van der Waals surface area (Å²) in [5.41, 5.74) is 7.08. The first-order valence-corrected chi connectivity index (χ1v) is 11.5. The summed E-state index contributed by atoms with van der Waals surface area (Å²) in [4.78, 5) is 27.7. The van der Waals surface area contributed by atoms with Gasteiger partial charge in [-0.25, -0.2) is 8.42 Å². The van der Waals surface area contributed by atoms with E-state index in [1.54, 1.807) is 30.6 Å². The lowest BCUT2D eigenvalue weighted by atomic mass is 10.1. The number of ether oxygens (including phenoxy) is 1. The van der Waals surface area contributed by atoms with Crippen LogP contribution in [0.5, 0.6) is 5.75 Å². The molecule has 0 saturated carbocycles. The van der Waals surface area contributed by atoms with Gasteiger partial charge in [0.1, 0.15) is 17.7 Å². The number of aromatic nitrogens is 2. The Kier molecular flexibility index (Phi) is 6.86. The molecule has 2 N–H and O–H groups in total. The van der Waals surface area contributed by atoms with Crippen molar-refractivity contribution < 1.29 is 17.9 Å². The van der Waals surface area contributed by atoms with Crippen LogP contribution in [0.3, 0.4) is 0 Å². The molecule has 2 heterocycles. The molecule has 0 spiro atoms. The lowest BCUT2D eigenvalue weighted by molar-refractivity contribution is -0.118. The Bertz CT molecular complexity index is 1210. The van der Waals surface area contributed by atoms with E-state index >= 15 is 0 Å². The molecule has 0 saturated heterocycles. The fourth-order valence-electron chi connectivity index (χ4n) is 3.12. The maximum atomic E-state index is 12.6. The second-order valence-electron chi connectivity index (χ2n) is 7.12.